The van der Waals surface area contributed by atoms with E-state index in [1.165, 1.54) is 11.1 Å². The van der Waals surface area contributed by atoms with Crippen LogP contribution in [0.3, 0.4) is 0 Å². The third-order valence-electron chi connectivity index (χ3n) is 8.30. The molecule has 0 aliphatic heterocycles. The minimum absolute atomic E-state index is 0.164. The van der Waals surface area contributed by atoms with E-state index < -0.39 is 5.41 Å². The summed E-state index contributed by atoms with van der Waals surface area (Å²) in [5.74, 6) is 0.743. The highest BCUT2D eigenvalue weighted by Gasteiger charge is 2.48. The molecule has 5 nitrogen and oxygen atoms in total. The lowest BCUT2D eigenvalue weighted by atomic mass is 9.72. The molecule has 0 atom stereocenters. The van der Waals surface area contributed by atoms with Crippen LogP contribution in [-0.2, 0) is 5.41 Å². The molecule has 0 saturated carbocycles. The zero-order valence-corrected chi connectivity index (χ0v) is 23.1. The number of pyridine rings is 2. The maximum atomic E-state index is 10.7. The summed E-state index contributed by atoms with van der Waals surface area (Å²) in [6, 6.07) is 46.7. The molecule has 0 fully saturated rings. The Hall–Kier alpha value is -5.81. The van der Waals surface area contributed by atoms with Gasteiger partial charge in [-0.1, -0.05) is 103 Å². The van der Waals surface area contributed by atoms with Crippen molar-refractivity contribution in [3.05, 3.63) is 168 Å². The number of hydrogen-bond donors (Lipinski definition) is 2. The number of nitrogens with one attached hydrogen (secondary N) is 1. The number of H-pyrrole nitrogens is 1. The number of aromatic amines is 1. The molecule has 43 heavy (non-hydrogen) atoms. The minimum Gasteiger partial charge on any atom is -0.507 e. The van der Waals surface area contributed by atoms with Gasteiger partial charge >= 0.3 is 0 Å². The standard InChI is InChI=1S/C38H26N4O/c43-32-21-9-6-17-28(32)37-41-35(25-13-2-1-3-14-25)36(42-37)31-20-12-23-34(40-31)38(33-22-10-11-24-39-33)29-18-7-4-15-26(29)27-16-5-8-19-30(27)38/h1-24,43H,(H,41,42). The van der Waals surface area contributed by atoms with Crippen molar-refractivity contribution in [2.24, 2.45) is 0 Å². The average molecular weight is 555 g/mol. The van der Waals surface area contributed by atoms with Crippen LogP contribution in [0.25, 0.3) is 45.2 Å². The SMILES string of the molecule is Oc1ccccc1-c1nc(-c2ccccc2)c(-c2cccc(C3(c4ccccn4)c4ccccc4-c4ccccc43)n2)[nH]1. The van der Waals surface area contributed by atoms with Crippen LogP contribution in [0.5, 0.6) is 5.75 Å². The molecule has 3 aromatic heterocycles. The Bertz CT molecular complexity index is 2060. The molecular weight excluding hydrogens is 528 g/mol. The van der Waals surface area contributed by atoms with E-state index >= 15 is 0 Å². The number of nitrogens with zero attached hydrogens (tertiary/aromatic N) is 3. The summed E-state index contributed by atoms with van der Waals surface area (Å²) in [5, 5.41) is 10.7. The zero-order valence-electron chi connectivity index (χ0n) is 23.1. The second-order valence-electron chi connectivity index (χ2n) is 10.7. The van der Waals surface area contributed by atoms with Gasteiger partial charge in [0.25, 0.3) is 0 Å². The number of aromatic nitrogens is 4. The fourth-order valence-corrected chi connectivity index (χ4v) is 6.45. The van der Waals surface area contributed by atoms with Crippen molar-refractivity contribution >= 4 is 0 Å². The van der Waals surface area contributed by atoms with Gasteiger partial charge in [-0.15, -0.1) is 0 Å². The summed E-state index contributed by atoms with van der Waals surface area (Å²) in [4.78, 5) is 18.9. The molecule has 204 valence electrons. The van der Waals surface area contributed by atoms with Crippen molar-refractivity contribution in [2.75, 3.05) is 0 Å². The van der Waals surface area contributed by atoms with Crippen LogP contribution in [0, 0.1) is 0 Å². The van der Waals surface area contributed by atoms with Gasteiger partial charge in [0.05, 0.1) is 34.0 Å². The Kier molecular flexibility index (Phi) is 5.76. The highest BCUT2D eigenvalue weighted by atomic mass is 16.3. The first-order chi connectivity index (χ1) is 21.2. The summed E-state index contributed by atoms with van der Waals surface area (Å²) < 4.78 is 0. The molecule has 1 aliphatic rings. The molecule has 0 bridgehead atoms. The molecule has 5 heteroatoms. The van der Waals surface area contributed by atoms with Gasteiger partial charge in [0.1, 0.15) is 17.0 Å². The van der Waals surface area contributed by atoms with Crippen molar-refractivity contribution in [3.8, 4) is 50.9 Å². The van der Waals surface area contributed by atoms with Crippen molar-refractivity contribution in [1.29, 1.82) is 0 Å². The highest BCUT2D eigenvalue weighted by Crippen LogP contribution is 2.55. The van der Waals surface area contributed by atoms with Crippen LogP contribution >= 0.6 is 0 Å². The molecular formula is C38H26N4O. The number of phenolic OH excluding ortho intramolecular Hbond substituents is 1. The van der Waals surface area contributed by atoms with Crippen LogP contribution < -0.4 is 0 Å². The first kappa shape index (κ1) is 24.9. The second kappa shape index (κ2) is 9.93. The van der Waals surface area contributed by atoms with Gasteiger partial charge in [0.15, 0.2) is 0 Å². The maximum absolute atomic E-state index is 10.7. The summed E-state index contributed by atoms with van der Waals surface area (Å²) in [6.07, 6.45) is 1.85. The van der Waals surface area contributed by atoms with Crippen molar-refractivity contribution in [3.63, 3.8) is 0 Å². The number of aromatic hydroxyl groups is 1. The zero-order chi connectivity index (χ0) is 28.8. The van der Waals surface area contributed by atoms with E-state index in [1.807, 2.05) is 66.9 Å². The van der Waals surface area contributed by atoms with Crippen LogP contribution in [-0.4, -0.2) is 25.0 Å². The molecule has 0 saturated heterocycles. The molecule has 4 aromatic carbocycles. The lowest BCUT2D eigenvalue weighted by Gasteiger charge is -2.31. The van der Waals surface area contributed by atoms with Gasteiger partial charge in [-0.05, 0) is 58.7 Å². The molecule has 1 aliphatic carbocycles. The fraction of sp³-hybridized carbons (Fsp3) is 0.0263. The number of phenols is 1. The van der Waals surface area contributed by atoms with E-state index in [0.717, 1.165) is 45.2 Å². The summed E-state index contributed by atoms with van der Waals surface area (Å²) in [6.45, 7) is 0. The molecule has 0 radical (unpaired) electrons. The minimum atomic E-state index is -0.710. The topological polar surface area (TPSA) is 74.7 Å². The number of imidazole rings is 1. The van der Waals surface area contributed by atoms with E-state index in [1.54, 1.807) is 12.1 Å². The lowest BCUT2D eigenvalue weighted by molar-refractivity contribution is 0.477. The molecule has 8 rings (SSSR count). The lowest BCUT2D eigenvalue weighted by Crippen LogP contribution is -2.31. The highest BCUT2D eigenvalue weighted by molar-refractivity contribution is 5.86. The summed E-state index contributed by atoms with van der Waals surface area (Å²) in [7, 11) is 0. The fourth-order valence-electron chi connectivity index (χ4n) is 6.45. The van der Waals surface area contributed by atoms with Crippen LogP contribution in [0.2, 0.25) is 0 Å². The molecule has 0 unspecified atom stereocenters. The summed E-state index contributed by atoms with van der Waals surface area (Å²) in [5.41, 5.74) is 9.64. The Labute approximate surface area is 249 Å². The molecule has 0 amide bonds. The van der Waals surface area contributed by atoms with Crippen LogP contribution in [0.15, 0.2) is 146 Å². The predicted octanol–water partition coefficient (Wildman–Crippen LogP) is 8.27. The smallest absolute Gasteiger partial charge is 0.142 e. The van der Waals surface area contributed by atoms with Crippen LogP contribution in [0.4, 0.5) is 0 Å². The van der Waals surface area contributed by atoms with Gasteiger partial charge in [-0.3, -0.25) is 4.98 Å². The first-order valence-electron chi connectivity index (χ1n) is 14.3. The largest absolute Gasteiger partial charge is 0.507 e. The maximum Gasteiger partial charge on any atom is 0.142 e. The van der Waals surface area contributed by atoms with E-state index in [9.17, 15) is 5.11 Å². The Morgan fingerprint density at radius 2 is 1.16 bits per heavy atom. The Balaban J connectivity index is 1.40. The van der Waals surface area contributed by atoms with Crippen molar-refractivity contribution in [1.82, 2.24) is 19.9 Å². The molecule has 0 spiro atoms. The van der Waals surface area contributed by atoms with Crippen molar-refractivity contribution in [2.45, 2.75) is 5.41 Å². The van der Waals surface area contributed by atoms with E-state index in [2.05, 4.69) is 71.7 Å². The normalized spacial score (nSPS) is 12.9. The van der Waals surface area contributed by atoms with Crippen LogP contribution in [0.1, 0.15) is 22.5 Å². The van der Waals surface area contributed by atoms with Gasteiger partial charge < -0.3 is 10.1 Å². The quantitative estimate of drug-likeness (QED) is 0.225. The van der Waals surface area contributed by atoms with Gasteiger partial charge in [-0.25, -0.2) is 9.97 Å². The second-order valence-corrected chi connectivity index (χ2v) is 10.7. The number of fused-ring (bicyclic) bond motifs is 3. The van der Waals surface area contributed by atoms with Gasteiger partial charge in [-0.2, -0.15) is 0 Å². The molecule has 2 N–H and O–H groups in total. The Morgan fingerprint density at radius 1 is 0.535 bits per heavy atom. The third kappa shape index (κ3) is 3.82. The Morgan fingerprint density at radius 3 is 1.86 bits per heavy atom. The first-order valence-corrected chi connectivity index (χ1v) is 14.3. The van der Waals surface area contributed by atoms with Gasteiger partial charge in [0, 0.05) is 11.8 Å². The van der Waals surface area contributed by atoms with E-state index in [0.29, 0.717) is 11.4 Å². The van der Waals surface area contributed by atoms with E-state index in [-0.39, 0.29) is 5.75 Å². The number of benzene rings is 4. The van der Waals surface area contributed by atoms with Gasteiger partial charge in [0.2, 0.25) is 0 Å². The number of para-hydroxylation sites is 1. The number of rotatable bonds is 5. The molecule has 7 aromatic rings. The van der Waals surface area contributed by atoms with Crippen molar-refractivity contribution < 1.29 is 5.11 Å². The monoisotopic (exact) mass is 554 g/mol. The van der Waals surface area contributed by atoms with E-state index in [4.69, 9.17) is 15.0 Å². The average Bonchev–Trinajstić information content (AvgIpc) is 3.65. The summed E-state index contributed by atoms with van der Waals surface area (Å²) >= 11 is 0. The number of hydrogen-bond acceptors (Lipinski definition) is 4. The third-order valence-corrected chi connectivity index (χ3v) is 8.30. The molecule has 3 heterocycles. The predicted molar refractivity (Wildman–Crippen MR) is 169 cm³/mol.